The lowest BCUT2D eigenvalue weighted by Crippen LogP contribution is -2.62. The average Bonchev–Trinajstić information content (AvgIpc) is 3.21. The second kappa shape index (κ2) is 4.43. The fourth-order valence-corrected chi connectivity index (χ4v) is 3.14. The number of guanidine groups is 1. The number of fused-ring (bicyclic) bond motifs is 3. The van der Waals surface area contributed by atoms with Crippen LogP contribution in [0.15, 0.2) is 27.8 Å². The minimum atomic E-state index is -0.496. The quantitative estimate of drug-likeness (QED) is 0.707. The van der Waals surface area contributed by atoms with Crippen molar-refractivity contribution in [1.29, 1.82) is 0 Å². The summed E-state index contributed by atoms with van der Waals surface area (Å²) < 4.78 is 7.44. The molecule has 0 aromatic carbocycles. The van der Waals surface area contributed by atoms with Gasteiger partial charge >= 0.3 is 12.0 Å². The maximum Gasteiger partial charge on any atom is 0.393 e. The summed E-state index contributed by atoms with van der Waals surface area (Å²) in [4.78, 5) is 33.6. The first kappa shape index (κ1) is 13.1. The first-order valence-electron chi connectivity index (χ1n) is 7.12. The minimum absolute atomic E-state index is 0.225. The molecule has 114 valence electrons. The lowest BCUT2D eigenvalue weighted by atomic mass is 10.1. The van der Waals surface area contributed by atoms with E-state index in [-0.39, 0.29) is 11.9 Å². The molecular weight excluding hydrogens is 286 g/mol. The molecule has 3 aliphatic rings. The Morgan fingerprint density at radius 1 is 1.36 bits per heavy atom. The Morgan fingerprint density at radius 3 is 2.91 bits per heavy atom. The van der Waals surface area contributed by atoms with E-state index in [0.29, 0.717) is 18.9 Å². The SMILES string of the molecule is CN1C(=O)C2C(=NC3=[N+](Cc4ccco4)CCN32)N(C)C1=O. The summed E-state index contributed by atoms with van der Waals surface area (Å²) in [5.41, 5.74) is 0. The molecule has 0 bridgehead atoms. The second-order valence-electron chi connectivity index (χ2n) is 5.61. The third-order valence-electron chi connectivity index (χ3n) is 4.33. The summed E-state index contributed by atoms with van der Waals surface area (Å²) in [6.45, 7) is 2.08. The molecule has 4 rings (SSSR count). The number of furan rings is 1. The third kappa shape index (κ3) is 1.63. The number of hydrogen-bond donors (Lipinski definition) is 0. The van der Waals surface area contributed by atoms with Gasteiger partial charge in [-0.3, -0.25) is 19.2 Å². The number of amidine groups is 1. The van der Waals surface area contributed by atoms with Crippen LogP contribution in [0, 0.1) is 0 Å². The maximum atomic E-state index is 12.4. The van der Waals surface area contributed by atoms with Gasteiger partial charge in [-0.1, -0.05) is 4.99 Å². The molecular formula is C14H16N5O3+. The van der Waals surface area contributed by atoms with Gasteiger partial charge in [-0.25, -0.2) is 9.69 Å². The fourth-order valence-electron chi connectivity index (χ4n) is 3.14. The maximum absolute atomic E-state index is 12.4. The van der Waals surface area contributed by atoms with Crippen LogP contribution in [-0.2, 0) is 11.3 Å². The Morgan fingerprint density at radius 2 is 2.18 bits per heavy atom. The highest BCUT2D eigenvalue weighted by atomic mass is 16.3. The van der Waals surface area contributed by atoms with Gasteiger partial charge in [0.2, 0.25) is 11.9 Å². The third-order valence-corrected chi connectivity index (χ3v) is 4.33. The molecule has 0 aliphatic carbocycles. The zero-order chi connectivity index (χ0) is 15.4. The van der Waals surface area contributed by atoms with E-state index < -0.39 is 6.04 Å². The van der Waals surface area contributed by atoms with E-state index in [2.05, 4.69) is 9.57 Å². The van der Waals surface area contributed by atoms with Gasteiger partial charge in [0.15, 0.2) is 0 Å². The molecule has 8 nitrogen and oxygen atoms in total. The Hall–Kier alpha value is -2.64. The highest BCUT2D eigenvalue weighted by molar-refractivity contribution is 6.25. The van der Waals surface area contributed by atoms with Crippen molar-refractivity contribution in [3.05, 3.63) is 24.2 Å². The first-order chi connectivity index (χ1) is 10.6. The van der Waals surface area contributed by atoms with Gasteiger partial charge < -0.3 is 4.42 Å². The van der Waals surface area contributed by atoms with Crippen molar-refractivity contribution in [3.63, 3.8) is 0 Å². The van der Waals surface area contributed by atoms with Crippen LogP contribution in [0.3, 0.4) is 0 Å². The Labute approximate surface area is 126 Å². The number of amides is 3. The summed E-state index contributed by atoms with van der Waals surface area (Å²) in [5.74, 6) is 1.86. The molecule has 1 aromatic heterocycles. The Bertz CT molecular complexity index is 721. The predicted octanol–water partition coefficient (Wildman–Crippen LogP) is -0.232. The molecule has 3 aliphatic heterocycles. The fraction of sp³-hybridized carbons (Fsp3) is 0.429. The summed E-state index contributed by atoms with van der Waals surface area (Å²) in [6, 6.07) is 2.91. The molecule has 1 unspecified atom stereocenters. The molecule has 0 saturated carbocycles. The molecule has 1 atom stereocenters. The number of imide groups is 1. The number of rotatable bonds is 2. The van der Waals surface area contributed by atoms with Crippen LogP contribution in [0.2, 0.25) is 0 Å². The molecule has 1 saturated heterocycles. The average molecular weight is 302 g/mol. The van der Waals surface area contributed by atoms with Crippen molar-refractivity contribution < 1.29 is 18.6 Å². The monoisotopic (exact) mass is 302 g/mol. The highest BCUT2D eigenvalue weighted by Gasteiger charge is 2.56. The Kier molecular flexibility index (Phi) is 2.63. The summed E-state index contributed by atoms with van der Waals surface area (Å²) in [6.07, 6.45) is 1.64. The van der Waals surface area contributed by atoms with Crippen molar-refractivity contribution >= 4 is 23.7 Å². The number of carbonyl (C=O) groups excluding carboxylic acids is 2. The molecule has 4 heterocycles. The molecule has 8 heteroatoms. The zero-order valence-corrected chi connectivity index (χ0v) is 12.4. The van der Waals surface area contributed by atoms with Crippen LogP contribution in [0.1, 0.15) is 5.76 Å². The summed E-state index contributed by atoms with van der Waals surface area (Å²) in [5, 5.41) is 0. The van der Waals surface area contributed by atoms with Gasteiger partial charge in [0.1, 0.15) is 12.3 Å². The molecule has 1 fully saturated rings. The number of likely N-dealkylation sites (N-methyl/N-ethyl adjacent to an activating group) is 2. The minimum Gasteiger partial charge on any atom is -0.466 e. The summed E-state index contributed by atoms with van der Waals surface area (Å²) in [7, 11) is 3.16. The van der Waals surface area contributed by atoms with E-state index in [0.717, 1.165) is 23.2 Å². The van der Waals surface area contributed by atoms with Crippen molar-refractivity contribution in [2.75, 3.05) is 27.2 Å². The van der Waals surface area contributed by atoms with Gasteiger partial charge in [0, 0.05) is 14.1 Å². The van der Waals surface area contributed by atoms with Crippen LogP contribution in [0.5, 0.6) is 0 Å². The summed E-state index contributed by atoms with van der Waals surface area (Å²) >= 11 is 0. The van der Waals surface area contributed by atoms with Gasteiger partial charge in [-0.2, -0.15) is 0 Å². The Balaban J connectivity index is 1.72. The van der Waals surface area contributed by atoms with E-state index in [1.807, 2.05) is 17.0 Å². The van der Waals surface area contributed by atoms with E-state index in [1.54, 1.807) is 13.3 Å². The number of aliphatic imine (C=N–C) groups is 1. The van der Waals surface area contributed by atoms with Crippen LogP contribution in [0.4, 0.5) is 4.79 Å². The van der Waals surface area contributed by atoms with Crippen molar-refractivity contribution in [1.82, 2.24) is 14.7 Å². The number of nitrogens with zero attached hydrogens (tertiary/aromatic N) is 5. The molecule has 22 heavy (non-hydrogen) atoms. The molecule has 0 N–H and O–H groups in total. The number of urea groups is 1. The van der Waals surface area contributed by atoms with Gasteiger partial charge in [-0.15, -0.1) is 0 Å². The topological polar surface area (TPSA) is 72.4 Å². The van der Waals surface area contributed by atoms with E-state index in [4.69, 9.17) is 4.42 Å². The molecule has 0 radical (unpaired) electrons. The van der Waals surface area contributed by atoms with E-state index >= 15 is 0 Å². The largest absolute Gasteiger partial charge is 0.466 e. The van der Waals surface area contributed by atoms with E-state index in [1.165, 1.54) is 11.9 Å². The van der Waals surface area contributed by atoms with Crippen LogP contribution in [0.25, 0.3) is 0 Å². The lowest BCUT2D eigenvalue weighted by molar-refractivity contribution is -0.537. The normalized spacial score (nSPS) is 24.2. The first-order valence-corrected chi connectivity index (χ1v) is 7.12. The number of carbonyl (C=O) groups is 2. The highest BCUT2D eigenvalue weighted by Crippen LogP contribution is 2.25. The molecule has 1 aromatic rings. The van der Waals surface area contributed by atoms with Gasteiger partial charge in [-0.05, 0) is 12.1 Å². The van der Waals surface area contributed by atoms with Crippen molar-refractivity contribution in [2.24, 2.45) is 4.99 Å². The predicted molar refractivity (Wildman–Crippen MR) is 76.4 cm³/mol. The second-order valence-corrected chi connectivity index (χ2v) is 5.61. The van der Waals surface area contributed by atoms with Crippen LogP contribution < -0.4 is 0 Å². The van der Waals surface area contributed by atoms with Crippen LogP contribution in [-0.4, -0.2) is 76.2 Å². The van der Waals surface area contributed by atoms with Crippen LogP contribution >= 0.6 is 0 Å². The standard InChI is InChI=1S/C14H16N5O3/c1-16-11-10(12(20)17(2)14(16)21)19-6-5-18(13(19)15-11)8-9-4-3-7-22-9/h3-4,7,10H,5-6,8H2,1-2H3/q+1. The lowest BCUT2D eigenvalue weighted by Gasteiger charge is -2.32. The van der Waals surface area contributed by atoms with Crippen molar-refractivity contribution in [3.8, 4) is 0 Å². The molecule has 0 spiro atoms. The molecule has 3 amide bonds. The number of hydrogen-bond acceptors (Lipinski definition) is 5. The van der Waals surface area contributed by atoms with Crippen molar-refractivity contribution in [2.45, 2.75) is 12.6 Å². The van der Waals surface area contributed by atoms with Gasteiger partial charge in [0.25, 0.3) is 5.91 Å². The smallest absolute Gasteiger partial charge is 0.393 e. The van der Waals surface area contributed by atoms with E-state index in [9.17, 15) is 9.59 Å². The zero-order valence-electron chi connectivity index (χ0n) is 12.4. The van der Waals surface area contributed by atoms with Gasteiger partial charge in [0.05, 0.1) is 19.4 Å².